The molecule has 3 aliphatic rings. The molecule has 7 heteroatoms. The SMILES string of the molecule is O=C(Cn1c2c(sc1=O)C(c1ccc(Cl)cc1)C1C3CCC(C3)C1S2)Nc1cccc2ccccc12. The molecule has 4 aromatic rings. The van der Waals surface area contributed by atoms with Crippen molar-refractivity contribution in [3.8, 4) is 0 Å². The Morgan fingerprint density at radius 2 is 1.78 bits per heavy atom. The molecule has 2 heterocycles. The summed E-state index contributed by atoms with van der Waals surface area (Å²) in [6.45, 7) is 0.0275. The second-order valence-electron chi connectivity index (χ2n) is 10.2. The van der Waals surface area contributed by atoms with Gasteiger partial charge in [-0.15, -0.1) is 11.8 Å². The summed E-state index contributed by atoms with van der Waals surface area (Å²) in [6, 6.07) is 22.0. The first-order valence-corrected chi connectivity index (χ1v) is 14.6. The van der Waals surface area contributed by atoms with Gasteiger partial charge in [-0.3, -0.25) is 14.2 Å². The van der Waals surface area contributed by atoms with Crippen molar-refractivity contribution < 1.29 is 4.79 Å². The van der Waals surface area contributed by atoms with Crippen molar-refractivity contribution in [2.45, 2.75) is 42.0 Å². The first-order valence-electron chi connectivity index (χ1n) is 12.5. The van der Waals surface area contributed by atoms with Crippen molar-refractivity contribution >= 4 is 57.1 Å². The first kappa shape index (κ1) is 22.6. The zero-order chi connectivity index (χ0) is 24.4. The predicted molar refractivity (Wildman–Crippen MR) is 148 cm³/mol. The highest BCUT2D eigenvalue weighted by Gasteiger charge is 2.55. The minimum Gasteiger partial charge on any atom is -0.324 e. The van der Waals surface area contributed by atoms with Gasteiger partial charge in [0.2, 0.25) is 5.91 Å². The van der Waals surface area contributed by atoms with Gasteiger partial charge in [0, 0.05) is 32.1 Å². The lowest BCUT2D eigenvalue weighted by Gasteiger charge is -2.40. The summed E-state index contributed by atoms with van der Waals surface area (Å²) in [4.78, 5) is 27.6. The number of carbonyl (C=O) groups is 1. The summed E-state index contributed by atoms with van der Waals surface area (Å²) in [5, 5.41) is 7.35. The van der Waals surface area contributed by atoms with Crippen LogP contribution in [0.4, 0.5) is 5.69 Å². The summed E-state index contributed by atoms with van der Waals surface area (Å²) in [5.41, 5.74) is 2.01. The van der Waals surface area contributed by atoms with Crippen molar-refractivity contribution in [3.63, 3.8) is 0 Å². The number of hydrogen-bond acceptors (Lipinski definition) is 4. The van der Waals surface area contributed by atoms with Crippen molar-refractivity contribution in [3.05, 3.63) is 91.9 Å². The molecule has 3 aromatic carbocycles. The zero-order valence-electron chi connectivity index (χ0n) is 19.5. The number of nitrogens with one attached hydrogen (secondary N) is 1. The minimum absolute atomic E-state index is 0.0275. The van der Waals surface area contributed by atoms with Crippen LogP contribution in [0.5, 0.6) is 0 Å². The Morgan fingerprint density at radius 1 is 1.00 bits per heavy atom. The lowest BCUT2D eigenvalue weighted by Crippen LogP contribution is -2.34. The van der Waals surface area contributed by atoms with E-state index < -0.39 is 0 Å². The molecule has 5 unspecified atom stereocenters. The fraction of sp³-hybridized carbons (Fsp3) is 0.310. The molecule has 1 amide bonds. The number of aromatic nitrogens is 1. The zero-order valence-corrected chi connectivity index (χ0v) is 21.9. The second kappa shape index (κ2) is 8.79. The third-order valence-corrected chi connectivity index (χ3v) is 11.4. The number of thiazole rings is 1. The number of anilines is 1. The molecule has 5 atom stereocenters. The fourth-order valence-corrected chi connectivity index (χ4v) is 10.1. The van der Waals surface area contributed by atoms with Crippen LogP contribution in [0.1, 0.15) is 35.6 Å². The summed E-state index contributed by atoms with van der Waals surface area (Å²) in [5.74, 6) is 1.97. The number of thioether (sulfide) groups is 1. The number of halogens is 1. The molecule has 0 spiro atoms. The molecule has 182 valence electrons. The van der Waals surface area contributed by atoms with Gasteiger partial charge >= 0.3 is 4.87 Å². The molecule has 1 aromatic heterocycles. The summed E-state index contributed by atoms with van der Waals surface area (Å²) in [7, 11) is 0. The number of benzene rings is 3. The molecule has 2 saturated carbocycles. The van der Waals surface area contributed by atoms with Gasteiger partial charge in [0.25, 0.3) is 0 Å². The van der Waals surface area contributed by atoms with Crippen LogP contribution in [-0.4, -0.2) is 15.7 Å². The number of nitrogens with zero attached hydrogens (tertiary/aromatic N) is 1. The summed E-state index contributed by atoms with van der Waals surface area (Å²) < 4.78 is 1.72. The Hall–Kier alpha value is -2.54. The van der Waals surface area contributed by atoms with E-state index in [1.54, 1.807) is 4.57 Å². The van der Waals surface area contributed by atoms with Gasteiger partial charge < -0.3 is 5.32 Å². The smallest absolute Gasteiger partial charge is 0.308 e. The largest absolute Gasteiger partial charge is 0.324 e. The lowest BCUT2D eigenvalue weighted by atomic mass is 9.75. The summed E-state index contributed by atoms with van der Waals surface area (Å²) in [6.07, 6.45) is 3.85. The highest BCUT2D eigenvalue weighted by atomic mass is 35.5. The molecule has 7 rings (SSSR count). The highest BCUT2D eigenvalue weighted by Crippen LogP contribution is 2.64. The minimum atomic E-state index is -0.173. The number of carbonyl (C=O) groups excluding carboxylic acids is 1. The van der Waals surface area contributed by atoms with Crippen LogP contribution in [0.2, 0.25) is 5.02 Å². The monoisotopic (exact) mass is 532 g/mol. The Kier molecular flexibility index (Phi) is 5.53. The van der Waals surface area contributed by atoms with Crippen LogP contribution in [-0.2, 0) is 11.3 Å². The highest BCUT2D eigenvalue weighted by molar-refractivity contribution is 8.00. The van der Waals surface area contributed by atoms with Crippen LogP contribution in [0.15, 0.2) is 76.6 Å². The Balaban J connectivity index is 1.25. The number of rotatable bonds is 4. The Bertz CT molecular complexity index is 1540. The number of amides is 1. The number of hydrogen-bond donors (Lipinski definition) is 1. The maximum atomic E-state index is 13.3. The molecule has 1 aliphatic heterocycles. The van der Waals surface area contributed by atoms with E-state index in [0.29, 0.717) is 23.0 Å². The van der Waals surface area contributed by atoms with Gasteiger partial charge in [0.05, 0.1) is 5.03 Å². The Morgan fingerprint density at radius 3 is 2.64 bits per heavy atom. The third-order valence-electron chi connectivity index (χ3n) is 8.29. The van der Waals surface area contributed by atoms with Crippen molar-refractivity contribution in [1.29, 1.82) is 0 Å². The van der Waals surface area contributed by atoms with Crippen LogP contribution >= 0.6 is 34.7 Å². The molecule has 2 aliphatic carbocycles. The fourth-order valence-electron chi connectivity index (χ4n) is 6.80. The second-order valence-corrected chi connectivity index (χ2v) is 12.8. The van der Waals surface area contributed by atoms with Crippen LogP contribution in [0, 0.1) is 17.8 Å². The lowest BCUT2D eigenvalue weighted by molar-refractivity contribution is -0.116. The average Bonchev–Trinajstić information content (AvgIpc) is 3.58. The van der Waals surface area contributed by atoms with Crippen LogP contribution < -0.4 is 10.2 Å². The van der Waals surface area contributed by atoms with Gasteiger partial charge in [-0.2, -0.15) is 0 Å². The van der Waals surface area contributed by atoms with Crippen LogP contribution in [0.3, 0.4) is 0 Å². The van der Waals surface area contributed by atoms with E-state index in [-0.39, 0.29) is 23.2 Å². The third kappa shape index (κ3) is 3.65. The van der Waals surface area contributed by atoms with Gasteiger partial charge in [-0.25, -0.2) is 0 Å². The van der Waals surface area contributed by atoms with E-state index in [1.165, 1.54) is 36.2 Å². The standard InChI is InChI=1S/C29H25ClN2O2S2/c30-20-12-10-17(11-13-20)24-25-18-8-9-19(14-18)26(25)35-28-27(24)36-29(34)32(28)15-23(33)31-22-7-3-5-16-4-1-2-6-21(16)22/h1-7,10-13,18-19,24-26H,8-9,14-15H2,(H,31,33). The first-order chi connectivity index (χ1) is 17.6. The topological polar surface area (TPSA) is 51.1 Å². The molecule has 36 heavy (non-hydrogen) atoms. The van der Waals surface area contributed by atoms with E-state index >= 15 is 0 Å². The van der Waals surface area contributed by atoms with E-state index in [4.69, 9.17) is 11.6 Å². The van der Waals surface area contributed by atoms with Gasteiger partial charge in [-0.1, -0.05) is 71.5 Å². The molecular weight excluding hydrogens is 508 g/mol. The normalized spacial score (nSPS) is 26.1. The molecule has 0 radical (unpaired) electrons. The maximum Gasteiger partial charge on any atom is 0.308 e. The van der Waals surface area contributed by atoms with Crippen molar-refractivity contribution in [1.82, 2.24) is 4.57 Å². The molecule has 4 nitrogen and oxygen atoms in total. The van der Waals surface area contributed by atoms with E-state index in [9.17, 15) is 9.59 Å². The van der Waals surface area contributed by atoms with Crippen LogP contribution in [0.25, 0.3) is 10.8 Å². The molecule has 1 N–H and O–H groups in total. The maximum absolute atomic E-state index is 13.3. The van der Waals surface area contributed by atoms with E-state index in [1.807, 2.05) is 66.4 Å². The Labute approximate surface area is 222 Å². The number of fused-ring (bicyclic) bond motifs is 7. The predicted octanol–water partition coefficient (Wildman–Crippen LogP) is 7.01. The molecule has 2 bridgehead atoms. The average molecular weight is 533 g/mol. The molecular formula is C29H25ClN2O2S2. The van der Waals surface area contributed by atoms with E-state index in [2.05, 4.69) is 17.4 Å². The van der Waals surface area contributed by atoms with Gasteiger partial charge in [0.1, 0.15) is 6.54 Å². The van der Waals surface area contributed by atoms with Gasteiger partial charge in [0.15, 0.2) is 0 Å². The van der Waals surface area contributed by atoms with Crippen molar-refractivity contribution in [2.24, 2.45) is 17.8 Å². The van der Waals surface area contributed by atoms with Crippen molar-refractivity contribution in [2.75, 3.05) is 5.32 Å². The van der Waals surface area contributed by atoms with Gasteiger partial charge in [-0.05, 0) is 66.2 Å². The quantitative estimate of drug-likeness (QED) is 0.307. The molecule has 0 saturated heterocycles. The molecule has 2 fully saturated rings. The summed E-state index contributed by atoms with van der Waals surface area (Å²) >= 11 is 9.40. The van der Waals surface area contributed by atoms with E-state index in [0.717, 1.165) is 31.4 Å².